The van der Waals surface area contributed by atoms with Crippen LogP contribution >= 0.6 is 31.9 Å². The smallest absolute Gasteiger partial charge is 0.0500 e. The van der Waals surface area contributed by atoms with Crippen molar-refractivity contribution in [3.05, 3.63) is 62.5 Å². The van der Waals surface area contributed by atoms with E-state index < -0.39 is 0 Å². The van der Waals surface area contributed by atoms with E-state index >= 15 is 0 Å². The Balaban J connectivity index is 2.05. The number of aryl methyl sites for hydroxylation is 1. The minimum absolute atomic E-state index is 0.274. The van der Waals surface area contributed by atoms with Crippen molar-refractivity contribution in [2.45, 2.75) is 39.2 Å². The lowest BCUT2D eigenvalue weighted by molar-refractivity contribution is 0.793. The number of halogens is 2. The fourth-order valence-corrected chi connectivity index (χ4v) is 3.00. The van der Waals surface area contributed by atoms with E-state index in [1.807, 2.05) is 12.1 Å². The van der Waals surface area contributed by atoms with Gasteiger partial charge in [-0.25, -0.2) is 0 Å². The summed E-state index contributed by atoms with van der Waals surface area (Å²) in [7, 11) is 0. The lowest BCUT2D eigenvalue weighted by Gasteiger charge is -2.17. The average molecular weight is 411 g/mol. The fourth-order valence-electron chi connectivity index (χ4n) is 2.28. The molecule has 2 aromatic carbocycles. The summed E-state index contributed by atoms with van der Waals surface area (Å²) in [6, 6.07) is 15.4. The van der Waals surface area contributed by atoms with E-state index in [0.717, 1.165) is 14.6 Å². The summed E-state index contributed by atoms with van der Waals surface area (Å²) in [4.78, 5) is 0. The summed E-state index contributed by atoms with van der Waals surface area (Å²) in [5.74, 6) is 0. The van der Waals surface area contributed by atoms with Crippen LogP contribution < -0.4 is 5.32 Å². The minimum atomic E-state index is 0.274. The van der Waals surface area contributed by atoms with E-state index in [9.17, 15) is 0 Å². The molecule has 1 N–H and O–H groups in total. The number of benzene rings is 2. The second kappa shape index (κ2) is 8.00. The number of anilines is 1. The molecular formula is C18H21Br2N. The molecule has 0 amide bonds. The summed E-state index contributed by atoms with van der Waals surface area (Å²) < 4.78 is 2.16. The monoisotopic (exact) mass is 409 g/mol. The van der Waals surface area contributed by atoms with E-state index in [4.69, 9.17) is 0 Å². The van der Waals surface area contributed by atoms with Gasteiger partial charge in [0, 0.05) is 15.0 Å². The van der Waals surface area contributed by atoms with Crippen molar-refractivity contribution < 1.29 is 0 Å². The molecule has 1 atom stereocenters. The zero-order valence-electron chi connectivity index (χ0n) is 12.5. The van der Waals surface area contributed by atoms with E-state index in [1.54, 1.807) is 0 Å². The second-order valence-corrected chi connectivity index (χ2v) is 7.11. The Labute approximate surface area is 144 Å². The molecule has 112 valence electrons. The van der Waals surface area contributed by atoms with E-state index in [1.165, 1.54) is 30.4 Å². The molecule has 0 aliphatic rings. The van der Waals surface area contributed by atoms with Crippen molar-refractivity contribution in [2.24, 2.45) is 0 Å². The minimum Gasteiger partial charge on any atom is -0.378 e. The van der Waals surface area contributed by atoms with Crippen LogP contribution in [0, 0.1) is 0 Å². The highest BCUT2D eigenvalue weighted by atomic mass is 79.9. The van der Waals surface area contributed by atoms with Gasteiger partial charge in [0.2, 0.25) is 0 Å². The van der Waals surface area contributed by atoms with Crippen molar-refractivity contribution in [3.63, 3.8) is 0 Å². The molecule has 0 saturated carbocycles. The maximum absolute atomic E-state index is 3.59. The summed E-state index contributed by atoms with van der Waals surface area (Å²) in [6.07, 6.45) is 3.69. The van der Waals surface area contributed by atoms with Gasteiger partial charge in [-0.3, -0.25) is 0 Å². The first kappa shape index (κ1) is 16.6. The maximum atomic E-state index is 3.59. The Hall–Kier alpha value is -0.800. The Morgan fingerprint density at radius 3 is 2.43 bits per heavy atom. The van der Waals surface area contributed by atoms with Crippen molar-refractivity contribution in [2.75, 3.05) is 5.32 Å². The summed E-state index contributed by atoms with van der Waals surface area (Å²) in [5, 5.41) is 3.55. The highest BCUT2D eigenvalue weighted by Crippen LogP contribution is 2.29. The number of hydrogen-bond acceptors (Lipinski definition) is 1. The molecule has 0 spiro atoms. The van der Waals surface area contributed by atoms with Crippen molar-refractivity contribution >= 4 is 37.5 Å². The van der Waals surface area contributed by atoms with Crippen LogP contribution in [-0.4, -0.2) is 0 Å². The van der Waals surface area contributed by atoms with Crippen LogP contribution in [0.25, 0.3) is 0 Å². The fraction of sp³-hybridized carbons (Fsp3) is 0.333. The van der Waals surface area contributed by atoms with Crippen LogP contribution in [0.4, 0.5) is 5.69 Å². The highest BCUT2D eigenvalue weighted by Gasteiger charge is 2.08. The third kappa shape index (κ3) is 4.86. The van der Waals surface area contributed by atoms with Gasteiger partial charge in [0.1, 0.15) is 0 Å². The number of unbranched alkanes of at least 4 members (excludes halogenated alkanes) is 1. The van der Waals surface area contributed by atoms with Gasteiger partial charge in [-0.05, 0) is 65.0 Å². The first-order valence-electron chi connectivity index (χ1n) is 7.40. The topological polar surface area (TPSA) is 12.0 Å². The van der Waals surface area contributed by atoms with Crippen molar-refractivity contribution in [3.8, 4) is 0 Å². The highest BCUT2D eigenvalue weighted by molar-refractivity contribution is 9.11. The molecule has 0 aliphatic carbocycles. The maximum Gasteiger partial charge on any atom is 0.0500 e. The summed E-state index contributed by atoms with van der Waals surface area (Å²) >= 11 is 7.10. The molecule has 2 rings (SSSR count). The molecule has 0 saturated heterocycles. The van der Waals surface area contributed by atoms with Crippen LogP contribution in [0.3, 0.4) is 0 Å². The number of hydrogen-bond donors (Lipinski definition) is 1. The molecule has 21 heavy (non-hydrogen) atoms. The molecule has 1 unspecified atom stereocenters. The van der Waals surface area contributed by atoms with Gasteiger partial charge in [0.25, 0.3) is 0 Å². The molecule has 2 aromatic rings. The van der Waals surface area contributed by atoms with E-state index in [2.05, 4.69) is 81.4 Å². The van der Waals surface area contributed by atoms with Crippen molar-refractivity contribution in [1.82, 2.24) is 0 Å². The standard InChI is InChI=1S/C18H21Br2N/c1-3-4-5-14-6-8-15(9-7-14)13(2)21-18-12-16(19)10-11-17(18)20/h6-13,21H,3-5H2,1-2H3. The Bertz CT molecular complexity index is 578. The van der Waals surface area contributed by atoms with E-state index in [-0.39, 0.29) is 6.04 Å². The van der Waals surface area contributed by atoms with E-state index in [0.29, 0.717) is 0 Å². The first-order valence-corrected chi connectivity index (χ1v) is 8.99. The zero-order valence-corrected chi connectivity index (χ0v) is 15.7. The van der Waals surface area contributed by atoms with Gasteiger partial charge in [-0.1, -0.05) is 53.5 Å². The molecule has 0 bridgehead atoms. The molecule has 0 radical (unpaired) electrons. The summed E-state index contributed by atoms with van der Waals surface area (Å²) in [5.41, 5.74) is 3.84. The normalized spacial score (nSPS) is 12.2. The lowest BCUT2D eigenvalue weighted by atomic mass is 10.0. The van der Waals surface area contributed by atoms with Gasteiger partial charge in [-0.2, -0.15) is 0 Å². The van der Waals surface area contributed by atoms with Gasteiger partial charge >= 0.3 is 0 Å². The van der Waals surface area contributed by atoms with Gasteiger partial charge in [0.05, 0.1) is 5.69 Å². The van der Waals surface area contributed by atoms with Gasteiger partial charge in [-0.15, -0.1) is 0 Å². The zero-order chi connectivity index (χ0) is 15.2. The lowest BCUT2D eigenvalue weighted by Crippen LogP contribution is -2.07. The second-order valence-electron chi connectivity index (χ2n) is 5.34. The van der Waals surface area contributed by atoms with Crippen LogP contribution in [0.15, 0.2) is 51.4 Å². The van der Waals surface area contributed by atoms with Crippen LogP contribution in [0.1, 0.15) is 43.9 Å². The van der Waals surface area contributed by atoms with Gasteiger partial charge in [0.15, 0.2) is 0 Å². The Morgan fingerprint density at radius 1 is 1.05 bits per heavy atom. The largest absolute Gasteiger partial charge is 0.378 e. The molecule has 0 aliphatic heterocycles. The SMILES string of the molecule is CCCCc1ccc(C(C)Nc2cc(Br)ccc2Br)cc1. The average Bonchev–Trinajstić information content (AvgIpc) is 2.49. The number of nitrogens with one attached hydrogen (secondary N) is 1. The molecule has 0 heterocycles. The molecule has 0 aromatic heterocycles. The Morgan fingerprint density at radius 2 is 1.76 bits per heavy atom. The predicted molar refractivity (Wildman–Crippen MR) is 98.9 cm³/mol. The van der Waals surface area contributed by atoms with Crippen LogP contribution in [0.2, 0.25) is 0 Å². The predicted octanol–water partition coefficient (Wildman–Crippen LogP) is 6.73. The summed E-state index contributed by atoms with van der Waals surface area (Å²) in [6.45, 7) is 4.42. The molecule has 1 nitrogen and oxygen atoms in total. The number of rotatable bonds is 6. The van der Waals surface area contributed by atoms with Crippen LogP contribution in [0.5, 0.6) is 0 Å². The molecule has 0 fully saturated rings. The first-order chi connectivity index (χ1) is 10.1. The van der Waals surface area contributed by atoms with Gasteiger partial charge < -0.3 is 5.32 Å². The molecular weight excluding hydrogens is 390 g/mol. The quantitative estimate of drug-likeness (QED) is 0.556. The third-order valence-electron chi connectivity index (χ3n) is 3.60. The third-order valence-corrected chi connectivity index (χ3v) is 4.78. The van der Waals surface area contributed by atoms with Crippen LogP contribution in [-0.2, 0) is 6.42 Å². The Kier molecular flexibility index (Phi) is 6.31. The molecule has 3 heteroatoms. The van der Waals surface area contributed by atoms with Crippen molar-refractivity contribution in [1.29, 1.82) is 0 Å².